The van der Waals surface area contributed by atoms with Gasteiger partial charge in [-0.25, -0.2) is 0 Å². The summed E-state index contributed by atoms with van der Waals surface area (Å²) in [6.45, 7) is 9.41. The molecular formula is C19H26O3. The van der Waals surface area contributed by atoms with Crippen LogP contribution in [0.5, 0.6) is 5.75 Å². The van der Waals surface area contributed by atoms with Crippen molar-refractivity contribution < 1.29 is 14.6 Å². The lowest BCUT2D eigenvalue weighted by atomic mass is 9.95. The van der Waals surface area contributed by atoms with Crippen LogP contribution in [0.1, 0.15) is 26.7 Å². The number of hydrogen-bond donors (Lipinski definition) is 1. The molecule has 2 rings (SSSR count). The Bertz CT molecular complexity index is 519. The first-order valence-electron chi connectivity index (χ1n) is 7.85. The molecule has 0 aromatic heterocycles. The normalized spacial score (nSPS) is 19.3. The van der Waals surface area contributed by atoms with E-state index in [2.05, 4.69) is 20.4 Å². The zero-order valence-corrected chi connectivity index (χ0v) is 13.5. The minimum atomic E-state index is -0.620. The van der Waals surface area contributed by atoms with Gasteiger partial charge in [-0.3, -0.25) is 0 Å². The van der Waals surface area contributed by atoms with Crippen molar-refractivity contribution in [1.29, 1.82) is 0 Å². The van der Waals surface area contributed by atoms with E-state index in [0.29, 0.717) is 12.5 Å². The third kappa shape index (κ3) is 4.72. The van der Waals surface area contributed by atoms with Crippen LogP contribution in [-0.4, -0.2) is 31.0 Å². The summed E-state index contributed by atoms with van der Waals surface area (Å²) in [5, 5.41) is 9.94. The maximum Gasteiger partial charge on any atom is 0.119 e. The molecule has 3 heteroatoms. The molecule has 0 heterocycles. The molecule has 0 amide bonds. The summed E-state index contributed by atoms with van der Waals surface area (Å²) in [7, 11) is 0. The summed E-state index contributed by atoms with van der Waals surface area (Å²) in [5.74, 6) is 1.20. The van der Waals surface area contributed by atoms with Crippen molar-refractivity contribution in [1.82, 2.24) is 0 Å². The summed E-state index contributed by atoms with van der Waals surface area (Å²) < 4.78 is 11.2. The molecule has 1 aliphatic rings. The van der Waals surface area contributed by atoms with Crippen LogP contribution < -0.4 is 4.74 Å². The van der Waals surface area contributed by atoms with Gasteiger partial charge in [-0.2, -0.15) is 0 Å². The Morgan fingerprint density at radius 3 is 2.73 bits per heavy atom. The third-order valence-electron chi connectivity index (χ3n) is 4.13. The van der Waals surface area contributed by atoms with Gasteiger partial charge in [-0.05, 0) is 44.4 Å². The Morgan fingerprint density at radius 2 is 2.05 bits per heavy atom. The summed E-state index contributed by atoms with van der Waals surface area (Å²) in [6.07, 6.45) is 1.64. The van der Waals surface area contributed by atoms with Crippen LogP contribution in [0.15, 0.2) is 53.6 Å². The summed E-state index contributed by atoms with van der Waals surface area (Å²) in [6, 6.07) is 9.49. The molecule has 0 saturated carbocycles. The van der Waals surface area contributed by atoms with Gasteiger partial charge in [0, 0.05) is 5.92 Å². The topological polar surface area (TPSA) is 38.7 Å². The molecule has 0 fully saturated rings. The van der Waals surface area contributed by atoms with E-state index in [0.717, 1.165) is 18.6 Å². The van der Waals surface area contributed by atoms with Crippen molar-refractivity contribution in [3.63, 3.8) is 0 Å². The first kappa shape index (κ1) is 16.8. The molecule has 120 valence electrons. The minimum absolute atomic E-state index is 0.242. The zero-order chi connectivity index (χ0) is 15.9. The smallest absolute Gasteiger partial charge is 0.119 e. The van der Waals surface area contributed by atoms with E-state index < -0.39 is 6.10 Å². The van der Waals surface area contributed by atoms with Crippen LogP contribution in [-0.2, 0) is 4.74 Å². The highest BCUT2D eigenvalue weighted by molar-refractivity contribution is 5.28. The maximum atomic E-state index is 9.94. The standard InChI is InChI=1S/C19H26O3/c1-14(2)18-10-9-15(3)19(18)13-21-11-16(20)12-22-17-7-5-4-6-8-17/h4-8,16,18,20H,1,9-13H2,2-3H3/t16-,18-/m1/s1. The molecular weight excluding hydrogens is 276 g/mol. The fraction of sp³-hybridized carbons (Fsp3) is 0.474. The largest absolute Gasteiger partial charge is 0.491 e. The van der Waals surface area contributed by atoms with Crippen molar-refractivity contribution in [2.75, 3.05) is 19.8 Å². The average molecular weight is 302 g/mol. The number of ether oxygens (including phenoxy) is 2. The molecule has 1 aromatic carbocycles. The quantitative estimate of drug-likeness (QED) is 0.743. The van der Waals surface area contributed by atoms with Gasteiger partial charge in [0.25, 0.3) is 0 Å². The number of benzene rings is 1. The summed E-state index contributed by atoms with van der Waals surface area (Å²) in [5.41, 5.74) is 3.94. The molecule has 0 radical (unpaired) electrons. The number of allylic oxidation sites excluding steroid dienone is 2. The molecule has 1 aromatic rings. The number of aliphatic hydroxyl groups excluding tert-OH is 1. The zero-order valence-electron chi connectivity index (χ0n) is 13.5. The van der Waals surface area contributed by atoms with Crippen molar-refractivity contribution in [2.45, 2.75) is 32.8 Å². The molecule has 0 spiro atoms. The minimum Gasteiger partial charge on any atom is -0.491 e. The van der Waals surface area contributed by atoms with Gasteiger partial charge < -0.3 is 14.6 Å². The molecule has 22 heavy (non-hydrogen) atoms. The van der Waals surface area contributed by atoms with E-state index in [4.69, 9.17) is 9.47 Å². The fourth-order valence-corrected chi connectivity index (χ4v) is 2.82. The predicted octanol–water partition coefficient (Wildman–Crippen LogP) is 3.75. The Hall–Kier alpha value is -1.58. The van der Waals surface area contributed by atoms with E-state index in [1.54, 1.807) is 0 Å². The lowest BCUT2D eigenvalue weighted by Gasteiger charge is -2.17. The molecule has 0 saturated heterocycles. The van der Waals surface area contributed by atoms with Crippen LogP contribution in [0.3, 0.4) is 0 Å². The van der Waals surface area contributed by atoms with Gasteiger partial charge in [0.05, 0.1) is 13.2 Å². The van der Waals surface area contributed by atoms with Crippen LogP contribution in [0.2, 0.25) is 0 Å². The van der Waals surface area contributed by atoms with Crippen LogP contribution in [0, 0.1) is 5.92 Å². The second kappa shape index (κ2) is 8.16. The first-order valence-corrected chi connectivity index (χ1v) is 7.85. The highest BCUT2D eigenvalue weighted by Crippen LogP contribution is 2.35. The van der Waals surface area contributed by atoms with Gasteiger partial charge in [0.15, 0.2) is 0 Å². The summed E-state index contributed by atoms with van der Waals surface area (Å²) in [4.78, 5) is 0. The summed E-state index contributed by atoms with van der Waals surface area (Å²) >= 11 is 0. The maximum absolute atomic E-state index is 9.94. The lowest BCUT2D eigenvalue weighted by Crippen LogP contribution is -2.24. The second-order valence-electron chi connectivity index (χ2n) is 6.04. The Balaban J connectivity index is 1.71. The Kier molecular flexibility index (Phi) is 6.22. The molecule has 3 nitrogen and oxygen atoms in total. The third-order valence-corrected chi connectivity index (χ3v) is 4.13. The first-order chi connectivity index (χ1) is 10.6. The van der Waals surface area contributed by atoms with E-state index in [1.807, 2.05) is 30.3 Å². The van der Waals surface area contributed by atoms with Crippen molar-refractivity contribution in [3.05, 3.63) is 53.6 Å². The van der Waals surface area contributed by atoms with Crippen LogP contribution >= 0.6 is 0 Å². The van der Waals surface area contributed by atoms with Gasteiger partial charge in [-0.15, -0.1) is 0 Å². The highest BCUT2D eigenvalue weighted by Gasteiger charge is 2.23. The lowest BCUT2D eigenvalue weighted by molar-refractivity contribution is 0.0183. The van der Waals surface area contributed by atoms with Gasteiger partial charge in [0.2, 0.25) is 0 Å². The van der Waals surface area contributed by atoms with E-state index in [1.165, 1.54) is 16.7 Å². The Morgan fingerprint density at radius 1 is 1.32 bits per heavy atom. The number of hydrogen-bond acceptors (Lipinski definition) is 3. The van der Waals surface area contributed by atoms with Crippen molar-refractivity contribution in [2.24, 2.45) is 5.92 Å². The molecule has 0 unspecified atom stereocenters. The fourth-order valence-electron chi connectivity index (χ4n) is 2.82. The number of aliphatic hydroxyl groups is 1. The monoisotopic (exact) mass is 302 g/mol. The molecule has 0 bridgehead atoms. The number of para-hydroxylation sites is 1. The molecule has 0 aliphatic heterocycles. The predicted molar refractivity (Wildman–Crippen MR) is 89.0 cm³/mol. The van der Waals surface area contributed by atoms with Crippen molar-refractivity contribution in [3.8, 4) is 5.75 Å². The SMILES string of the molecule is C=C(C)[C@H]1CCC(C)=C1COC[C@@H](O)COc1ccccc1. The van der Waals surface area contributed by atoms with Gasteiger partial charge >= 0.3 is 0 Å². The van der Waals surface area contributed by atoms with E-state index in [9.17, 15) is 5.11 Å². The van der Waals surface area contributed by atoms with Crippen LogP contribution in [0.4, 0.5) is 0 Å². The van der Waals surface area contributed by atoms with Gasteiger partial charge in [-0.1, -0.05) is 35.9 Å². The molecule has 1 aliphatic carbocycles. The van der Waals surface area contributed by atoms with E-state index in [-0.39, 0.29) is 13.2 Å². The molecule has 2 atom stereocenters. The Labute approximate surface area is 133 Å². The van der Waals surface area contributed by atoms with E-state index >= 15 is 0 Å². The van der Waals surface area contributed by atoms with Crippen LogP contribution in [0.25, 0.3) is 0 Å². The second-order valence-corrected chi connectivity index (χ2v) is 6.04. The van der Waals surface area contributed by atoms with Gasteiger partial charge in [0.1, 0.15) is 18.5 Å². The highest BCUT2D eigenvalue weighted by atomic mass is 16.5. The number of rotatable bonds is 8. The molecule has 1 N–H and O–H groups in total. The average Bonchev–Trinajstić information content (AvgIpc) is 2.88. The van der Waals surface area contributed by atoms with Crippen molar-refractivity contribution >= 4 is 0 Å².